The maximum absolute atomic E-state index is 13.2. The number of carbonyl (C=O) groups is 1. The summed E-state index contributed by atoms with van der Waals surface area (Å²) in [5, 5.41) is 2.76. The first kappa shape index (κ1) is 19.0. The van der Waals surface area contributed by atoms with Crippen LogP contribution >= 0.6 is 11.3 Å². The van der Waals surface area contributed by atoms with E-state index in [2.05, 4.69) is 4.98 Å². The summed E-state index contributed by atoms with van der Waals surface area (Å²) in [5.41, 5.74) is 1.48. The van der Waals surface area contributed by atoms with Crippen molar-refractivity contribution in [2.45, 2.75) is 18.2 Å². The molecule has 1 saturated heterocycles. The highest BCUT2D eigenvalue weighted by atomic mass is 32.2. The third-order valence-electron chi connectivity index (χ3n) is 4.93. The van der Waals surface area contributed by atoms with Crippen molar-refractivity contribution in [3.8, 4) is 0 Å². The van der Waals surface area contributed by atoms with Crippen LogP contribution < -0.4 is 0 Å². The zero-order valence-corrected chi connectivity index (χ0v) is 17.2. The second kappa shape index (κ2) is 7.62. The number of piperazine rings is 1. The molecule has 0 atom stereocenters. The van der Waals surface area contributed by atoms with Crippen LogP contribution in [0, 0.1) is 6.92 Å². The summed E-state index contributed by atoms with van der Waals surface area (Å²) in [6, 6.07) is 11.0. The zero-order chi connectivity index (χ0) is 19.7. The molecule has 146 valence electrons. The molecule has 0 saturated carbocycles. The molecule has 1 amide bonds. The number of nitrogens with zero attached hydrogens (tertiary/aromatic N) is 3. The number of aromatic nitrogens is 1. The molecular weight excluding hydrogens is 394 g/mol. The van der Waals surface area contributed by atoms with E-state index in [0.717, 1.165) is 15.8 Å². The lowest BCUT2D eigenvalue weighted by Gasteiger charge is -2.34. The Hall–Kier alpha value is -2.29. The fraction of sp³-hybridized carbons (Fsp3) is 0.300. The number of sulfonamides is 1. The lowest BCUT2D eigenvalue weighted by molar-refractivity contribution is -0.131. The largest absolute Gasteiger partial charge is 0.340 e. The van der Waals surface area contributed by atoms with Gasteiger partial charge in [-0.3, -0.25) is 9.78 Å². The van der Waals surface area contributed by atoms with Crippen LogP contribution in [0.15, 0.2) is 52.9 Å². The molecule has 3 aromatic rings. The van der Waals surface area contributed by atoms with E-state index >= 15 is 0 Å². The standard InChI is InChI=1S/C20H21N3O3S2/c1-15-12-16-4-2-6-18(20(16)21-14-15)28(25,26)23-9-7-22(8-10-23)19(24)13-17-5-3-11-27-17/h2-6,11-12,14H,7-10,13H2,1H3. The molecule has 0 unspecified atom stereocenters. The van der Waals surface area contributed by atoms with Crippen LogP contribution in [0.3, 0.4) is 0 Å². The van der Waals surface area contributed by atoms with Gasteiger partial charge in [0.2, 0.25) is 15.9 Å². The highest BCUT2D eigenvalue weighted by Gasteiger charge is 2.31. The van der Waals surface area contributed by atoms with Gasteiger partial charge in [-0.1, -0.05) is 18.2 Å². The predicted octanol–water partition coefficient (Wildman–Crippen LogP) is 2.68. The molecule has 0 radical (unpaired) electrons. The van der Waals surface area contributed by atoms with Crippen LogP contribution in [0.25, 0.3) is 10.9 Å². The minimum atomic E-state index is -3.67. The number of hydrogen-bond donors (Lipinski definition) is 0. The third kappa shape index (κ3) is 3.67. The molecule has 0 spiro atoms. The van der Waals surface area contributed by atoms with Crippen LogP contribution in [0.4, 0.5) is 0 Å². The van der Waals surface area contributed by atoms with Crippen LogP contribution in [-0.4, -0.2) is 54.7 Å². The van der Waals surface area contributed by atoms with E-state index in [-0.39, 0.29) is 10.8 Å². The molecule has 3 heterocycles. The summed E-state index contributed by atoms with van der Waals surface area (Å²) in [7, 11) is -3.67. The molecule has 28 heavy (non-hydrogen) atoms. The van der Waals surface area contributed by atoms with E-state index in [1.807, 2.05) is 36.6 Å². The van der Waals surface area contributed by atoms with Gasteiger partial charge < -0.3 is 4.90 Å². The van der Waals surface area contributed by atoms with Crippen molar-refractivity contribution < 1.29 is 13.2 Å². The Morgan fingerprint density at radius 1 is 1.14 bits per heavy atom. The monoisotopic (exact) mass is 415 g/mol. The van der Waals surface area contributed by atoms with Crippen LogP contribution in [0.5, 0.6) is 0 Å². The molecule has 1 aliphatic rings. The highest BCUT2D eigenvalue weighted by molar-refractivity contribution is 7.89. The lowest BCUT2D eigenvalue weighted by Crippen LogP contribution is -2.50. The molecule has 0 aliphatic carbocycles. The Balaban J connectivity index is 1.50. The first-order valence-electron chi connectivity index (χ1n) is 9.11. The number of aryl methyl sites for hydroxylation is 1. The smallest absolute Gasteiger partial charge is 0.245 e. The number of thiophene rings is 1. The van der Waals surface area contributed by atoms with Crippen molar-refractivity contribution in [2.75, 3.05) is 26.2 Å². The first-order valence-corrected chi connectivity index (χ1v) is 11.4. The number of pyridine rings is 1. The van der Waals surface area contributed by atoms with Gasteiger partial charge in [0.25, 0.3) is 0 Å². The number of fused-ring (bicyclic) bond motifs is 1. The number of rotatable bonds is 4. The molecule has 4 rings (SSSR count). The van der Waals surface area contributed by atoms with Gasteiger partial charge in [-0.15, -0.1) is 11.3 Å². The van der Waals surface area contributed by atoms with E-state index in [4.69, 9.17) is 0 Å². The van der Waals surface area contributed by atoms with E-state index in [1.165, 1.54) is 4.31 Å². The second-order valence-corrected chi connectivity index (χ2v) is 9.82. The van der Waals surface area contributed by atoms with Gasteiger partial charge in [-0.05, 0) is 36.1 Å². The number of benzene rings is 1. The number of carbonyl (C=O) groups excluding carboxylic acids is 1. The Kier molecular flexibility index (Phi) is 5.18. The van der Waals surface area contributed by atoms with Crippen molar-refractivity contribution in [2.24, 2.45) is 0 Å². The molecule has 1 aliphatic heterocycles. The summed E-state index contributed by atoms with van der Waals surface area (Å²) >= 11 is 1.56. The summed E-state index contributed by atoms with van der Waals surface area (Å²) in [6.45, 7) is 3.32. The Bertz CT molecular complexity index is 1100. The topological polar surface area (TPSA) is 70.6 Å². The SMILES string of the molecule is Cc1cnc2c(S(=O)(=O)N3CCN(C(=O)Cc4cccs4)CC3)cccc2c1. The van der Waals surface area contributed by atoms with Crippen LogP contribution in [0.2, 0.25) is 0 Å². The average Bonchev–Trinajstić information content (AvgIpc) is 3.20. The fourth-order valence-electron chi connectivity index (χ4n) is 3.44. The van der Waals surface area contributed by atoms with Crippen LogP contribution in [0.1, 0.15) is 10.4 Å². The van der Waals surface area contributed by atoms with E-state index in [0.29, 0.717) is 38.1 Å². The summed E-state index contributed by atoms with van der Waals surface area (Å²) in [4.78, 5) is 19.8. The Morgan fingerprint density at radius 2 is 1.93 bits per heavy atom. The summed E-state index contributed by atoms with van der Waals surface area (Å²) < 4.78 is 27.9. The van der Waals surface area contributed by atoms with E-state index in [1.54, 1.807) is 34.6 Å². The minimum Gasteiger partial charge on any atom is -0.340 e. The maximum atomic E-state index is 13.2. The van der Waals surface area contributed by atoms with Gasteiger partial charge in [0.05, 0.1) is 11.9 Å². The number of amides is 1. The second-order valence-electron chi connectivity index (χ2n) is 6.88. The first-order chi connectivity index (χ1) is 13.4. The molecule has 0 N–H and O–H groups in total. The van der Waals surface area contributed by atoms with Crippen molar-refractivity contribution in [1.82, 2.24) is 14.2 Å². The third-order valence-corrected chi connectivity index (χ3v) is 7.73. The molecule has 0 bridgehead atoms. The average molecular weight is 416 g/mol. The van der Waals surface area contributed by atoms with Crippen LogP contribution in [-0.2, 0) is 21.2 Å². The quantitative estimate of drug-likeness (QED) is 0.657. The molecule has 2 aromatic heterocycles. The number of hydrogen-bond acceptors (Lipinski definition) is 5. The minimum absolute atomic E-state index is 0.0433. The fourth-order valence-corrected chi connectivity index (χ4v) is 5.73. The normalized spacial score (nSPS) is 15.8. The van der Waals surface area contributed by atoms with Gasteiger partial charge >= 0.3 is 0 Å². The molecule has 1 aromatic carbocycles. The predicted molar refractivity (Wildman–Crippen MR) is 110 cm³/mol. The Labute approximate surface area is 168 Å². The van der Waals surface area contributed by atoms with E-state index < -0.39 is 10.0 Å². The molecule has 1 fully saturated rings. The van der Waals surface area contributed by atoms with Crippen molar-refractivity contribution in [3.05, 3.63) is 58.4 Å². The van der Waals surface area contributed by atoms with Crippen molar-refractivity contribution in [1.29, 1.82) is 0 Å². The number of para-hydroxylation sites is 1. The van der Waals surface area contributed by atoms with Gasteiger partial charge in [-0.25, -0.2) is 8.42 Å². The van der Waals surface area contributed by atoms with Gasteiger partial charge in [0, 0.05) is 42.6 Å². The summed E-state index contributed by atoms with van der Waals surface area (Å²) in [5.74, 6) is 0.0433. The van der Waals surface area contributed by atoms with E-state index in [9.17, 15) is 13.2 Å². The molecule has 6 nitrogen and oxygen atoms in total. The molecule has 8 heteroatoms. The lowest BCUT2D eigenvalue weighted by atomic mass is 10.2. The van der Waals surface area contributed by atoms with Gasteiger partial charge in [0.1, 0.15) is 4.90 Å². The Morgan fingerprint density at radius 3 is 2.64 bits per heavy atom. The van der Waals surface area contributed by atoms with Gasteiger partial charge in [0.15, 0.2) is 0 Å². The van der Waals surface area contributed by atoms with Crippen molar-refractivity contribution >= 4 is 38.2 Å². The van der Waals surface area contributed by atoms with Crippen molar-refractivity contribution in [3.63, 3.8) is 0 Å². The zero-order valence-electron chi connectivity index (χ0n) is 15.5. The summed E-state index contributed by atoms with van der Waals surface area (Å²) in [6.07, 6.45) is 2.06. The molecular formula is C20H21N3O3S2. The highest BCUT2D eigenvalue weighted by Crippen LogP contribution is 2.25. The van der Waals surface area contributed by atoms with Gasteiger partial charge in [-0.2, -0.15) is 4.31 Å². The maximum Gasteiger partial charge on any atom is 0.245 e.